The fourth-order valence-corrected chi connectivity index (χ4v) is 1.71. The molecule has 0 aliphatic rings. The van der Waals surface area contributed by atoms with Gasteiger partial charge < -0.3 is 0 Å². The zero-order valence-corrected chi connectivity index (χ0v) is 10.0. The van der Waals surface area contributed by atoms with Crippen molar-refractivity contribution in [2.75, 3.05) is 6.26 Å². The van der Waals surface area contributed by atoms with Crippen LogP contribution >= 0.6 is 11.8 Å². The first-order valence-corrected chi connectivity index (χ1v) is 6.88. The molecule has 0 bridgehead atoms. The van der Waals surface area contributed by atoms with Crippen molar-refractivity contribution < 1.29 is 0 Å². The molecule has 0 aromatic carbocycles. The molecule has 0 N–H and O–H groups in total. The highest BCUT2D eigenvalue weighted by Gasteiger charge is 1.88. The Kier molecular flexibility index (Phi) is 12.2. The van der Waals surface area contributed by atoms with Crippen LogP contribution in [0.3, 0.4) is 0 Å². The zero-order valence-electron chi connectivity index (χ0n) is 9.22. The molecule has 13 heavy (non-hydrogen) atoms. The Morgan fingerprint density at radius 3 is 2.15 bits per heavy atom. The maximum atomic E-state index is 2.29. The Bertz CT molecular complexity index is 108. The molecule has 0 atom stereocenters. The van der Waals surface area contributed by atoms with Crippen molar-refractivity contribution in [3.05, 3.63) is 11.5 Å². The summed E-state index contributed by atoms with van der Waals surface area (Å²) in [4.78, 5) is 0. The predicted molar refractivity (Wildman–Crippen MR) is 65.3 cm³/mol. The highest BCUT2D eigenvalue weighted by atomic mass is 32.2. The first-order chi connectivity index (χ1) is 6.41. The molecule has 0 nitrogen and oxygen atoms in total. The van der Waals surface area contributed by atoms with Crippen LogP contribution in [0.2, 0.25) is 0 Å². The predicted octanol–water partition coefficient (Wildman–Crippen LogP) is 5.00. The van der Waals surface area contributed by atoms with Crippen LogP contribution in [0.25, 0.3) is 0 Å². The Morgan fingerprint density at radius 2 is 1.54 bits per heavy atom. The topological polar surface area (TPSA) is 0 Å². The van der Waals surface area contributed by atoms with Crippen LogP contribution in [-0.2, 0) is 0 Å². The Hall–Kier alpha value is 0.0900. The Balaban J connectivity index is 2.87. The molecule has 0 aliphatic heterocycles. The van der Waals surface area contributed by atoms with Crippen LogP contribution in [-0.4, -0.2) is 6.26 Å². The lowest BCUT2D eigenvalue weighted by Gasteiger charge is -1.98. The molecule has 0 amide bonds. The smallest absolute Gasteiger partial charge is 0.0142 e. The van der Waals surface area contributed by atoms with E-state index in [2.05, 4.69) is 24.7 Å². The normalized spacial score (nSPS) is 11.2. The standard InChI is InChI=1S/C12H24S/c1-3-4-5-6-7-8-9-10-11-12-13-2/h11-12H,3-10H2,1-2H3. The summed E-state index contributed by atoms with van der Waals surface area (Å²) in [5.41, 5.74) is 0. The minimum Gasteiger partial charge on any atom is -0.138 e. The van der Waals surface area contributed by atoms with Gasteiger partial charge in [0.1, 0.15) is 0 Å². The quantitative estimate of drug-likeness (QED) is 0.472. The molecular weight excluding hydrogens is 176 g/mol. The van der Waals surface area contributed by atoms with Gasteiger partial charge in [-0.15, -0.1) is 11.8 Å². The van der Waals surface area contributed by atoms with E-state index in [1.54, 1.807) is 11.8 Å². The second-order valence-corrected chi connectivity index (χ2v) is 4.26. The molecule has 0 aliphatic carbocycles. The number of allylic oxidation sites excluding steroid dienone is 1. The van der Waals surface area contributed by atoms with Crippen molar-refractivity contribution in [2.24, 2.45) is 0 Å². The number of thioether (sulfide) groups is 1. The number of rotatable bonds is 9. The minimum absolute atomic E-state index is 1.27. The van der Waals surface area contributed by atoms with E-state index in [-0.39, 0.29) is 0 Å². The third kappa shape index (κ3) is 12.1. The van der Waals surface area contributed by atoms with Crippen LogP contribution in [0, 0.1) is 0 Å². The average molecular weight is 200 g/mol. The van der Waals surface area contributed by atoms with E-state index < -0.39 is 0 Å². The maximum Gasteiger partial charge on any atom is -0.0142 e. The van der Waals surface area contributed by atoms with Gasteiger partial charge in [0.25, 0.3) is 0 Å². The van der Waals surface area contributed by atoms with Gasteiger partial charge in [-0.05, 0) is 24.5 Å². The van der Waals surface area contributed by atoms with E-state index in [0.717, 1.165) is 0 Å². The van der Waals surface area contributed by atoms with Gasteiger partial charge in [-0.3, -0.25) is 0 Å². The molecular formula is C12H24S. The summed E-state index contributed by atoms with van der Waals surface area (Å²) >= 11 is 1.80. The fraction of sp³-hybridized carbons (Fsp3) is 0.833. The lowest BCUT2D eigenvalue weighted by molar-refractivity contribution is 0.592. The molecule has 0 aromatic rings. The van der Waals surface area contributed by atoms with Crippen LogP contribution in [0.5, 0.6) is 0 Å². The van der Waals surface area contributed by atoms with Crippen molar-refractivity contribution in [1.82, 2.24) is 0 Å². The second kappa shape index (κ2) is 12.1. The molecule has 0 saturated heterocycles. The van der Waals surface area contributed by atoms with E-state index >= 15 is 0 Å². The van der Waals surface area contributed by atoms with Crippen molar-refractivity contribution in [1.29, 1.82) is 0 Å². The summed E-state index contributed by atoms with van der Waals surface area (Å²) in [7, 11) is 0. The minimum atomic E-state index is 1.27. The van der Waals surface area contributed by atoms with Gasteiger partial charge in [-0.25, -0.2) is 0 Å². The highest BCUT2D eigenvalue weighted by molar-refractivity contribution is 8.01. The first kappa shape index (κ1) is 13.1. The van der Waals surface area contributed by atoms with Crippen molar-refractivity contribution >= 4 is 11.8 Å². The third-order valence-corrected chi connectivity index (χ3v) is 2.67. The van der Waals surface area contributed by atoms with Gasteiger partial charge in [0.05, 0.1) is 0 Å². The van der Waals surface area contributed by atoms with Crippen LogP contribution < -0.4 is 0 Å². The van der Waals surface area contributed by atoms with Gasteiger partial charge in [0, 0.05) is 0 Å². The summed E-state index contributed by atoms with van der Waals surface area (Å²) in [6, 6.07) is 0. The third-order valence-electron chi connectivity index (χ3n) is 2.21. The molecule has 0 radical (unpaired) electrons. The second-order valence-electron chi connectivity index (χ2n) is 3.52. The SMILES string of the molecule is CCCCCCCCCC=CSC. The van der Waals surface area contributed by atoms with Crippen LogP contribution in [0.4, 0.5) is 0 Å². The van der Waals surface area contributed by atoms with Crippen LogP contribution in [0.1, 0.15) is 58.3 Å². The lowest BCUT2D eigenvalue weighted by Crippen LogP contribution is -1.78. The summed E-state index contributed by atoms with van der Waals surface area (Å²) in [6.45, 7) is 2.27. The molecule has 78 valence electrons. The van der Waals surface area contributed by atoms with Gasteiger partial charge in [-0.2, -0.15) is 0 Å². The van der Waals surface area contributed by atoms with Crippen molar-refractivity contribution in [3.63, 3.8) is 0 Å². The van der Waals surface area contributed by atoms with E-state index in [1.807, 2.05) is 0 Å². The summed E-state index contributed by atoms with van der Waals surface area (Å²) in [5, 5.41) is 2.19. The number of hydrogen-bond donors (Lipinski definition) is 0. The van der Waals surface area contributed by atoms with E-state index in [0.29, 0.717) is 0 Å². The monoisotopic (exact) mass is 200 g/mol. The van der Waals surface area contributed by atoms with Gasteiger partial charge in [-0.1, -0.05) is 51.5 Å². The maximum absolute atomic E-state index is 2.29. The Labute approximate surface area is 88.2 Å². The van der Waals surface area contributed by atoms with Crippen LogP contribution in [0.15, 0.2) is 11.5 Å². The molecule has 0 heterocycles. The van der Waals surface area contributed by atoms with E-state index in [9.17, 15) is 0 Å². The van der Waals surface area contributed by atoms with Crippen molar-refractivity contribution in [2.45, 2.75) is 58.3 Å². The number of hydrogen-bond acceptors (Lipinski definition) is 1. The van der Waals surface area contributed by atoms with E-state index in [1.165, 1.54) is 51.4 Å². The fourth-order valence-electron chi connectivity index (χ4n) is 1.38. The summed E-state index contributed by atoms with van der Waals surface area (Å²) < 4.78 is 0. The van der Waals surface area contributed by atoms with Gasteiger partial charge in [0.2, 0.25) is 0 Å². The molecule has 0 rings (SSSR count). The van der Waals surface area contributed by atoms with E-state index in [4.69, 9.17) is 0 Å². The first-order valence-electron chi connectivity index (χ1n) is 5.59. The molecule has 0 spiro atoms. The summed E-state index contributed by atoms with van der Waals surface area (Å²) in [6.07, 6.45) is 15.6. The van der Waals surface area contributed by atoms with Gasteiger partial charge >= 0.3 is 0 Å². The highest BCUT2D eigenvalue weighted by Crippen LogP contribution is 2.09. The summed E-state index contributed by atoms with van der Waals surface area (Å²) in [5.74, 6) is 0. The lowest BCUT2D eigenvalue weighted by atomic mass is 10.1. The number of unbranched alkanes of at least 4 members (excludes halogenated alkanes) is 7. The van der Waals surface area contributed by atoms with Crippen molar-refractivity contribution in [3.8, 4) is 0 Å². The average Bonchev–Trinajstić information content (AvgIpc) is 2.16. The molecule has 0 aromatic heterocycles. The molecule has 0 saturated carbocycles. The van der Waals surface area contributed by atoms with Gasteiger partial charge in [0.15, 0.2) is 0 Å². The molecule has 1 heteroatoms. The molecule has 0 unspecified atom stereocenters. The Morgan fingerprint density at radius 1 is 0.923 bits per heavy atom. The zero-order chi connectivity index (χ0) is 9.78. The molecule has 0 fully saturated rings. The largest absolute Gasteiger partial charge is 0.138 e.